The number of fused-ring (bicyclic) bond motifs is 1. The van der Waals surface area contributed by atoms with Crippen molar-refractivity contribution in [2.75, 3.05) is 0 Å². The summed E-state index contributed by atoms with van der Waals surface area (Å²) in [5, 5.41) is 13.0. The minimum absolute atomic E-state index is 0.00627. The van der Waals surface area contributed by atoms with Crippen molar-refractivity contribution in [2.45, 2.75) is 37.8 Å². The molecule has 0 atom stereocenters. The molecule has 1 fully saturated rings. The molecule has 1 aromatic carbocycles. The minimum atomic E-state index is -0.623. The fraction of sp³-hybridized carbons (Fsp3) is 0.375. The van der Waals surface area contributed by atoms with Crippen LogP contribution in [0.1, 0.15) is 36.0 Å². The summed E-state index contributed by atoms with van der Waals surface area (Å²) in [6.45, 7) is 0. The number of carbonyl (C=O) groups excluding carboxylic acids is 1. The first-order valence-electron chi connectivity index (χ1n) is 7.15. The smallest absolute Gasteiger partial charge is 0.349 e. The van der Waals surface area contributed by atoms with Crippen LogP contribution in [0, 0.1) is 0 Å². The monoisotopic (exact) mass is 287 g/mol. The number of hydrogen-bond donors (Lipinski definition) is 2. The maximum atomic E-state index is 12.2. The van der Waals surface area contributed by atoms with E-state index in [9.17, 15) is 14.7 Å². The maximum Gasteiger partial charge on any atom is 0.349 e. The lowest BCUT2D eigenvalue weighted by Crippen LogP contribution is -2.40. The molecule has 0 saturated heterocycles. The van der Waals surface area contributed by atoms with Gasteiger partial charge in [-0.25, -0.2) is 4.79 Å². The molecule has 21 heavy (non-hydrogen) atoms. The zero-order valence-corrected chi connectivity index (χ0v) is 11.5. The molecule has 2 aromatic rings. The molecule has 0 aliphatic heterocycles. The number of aliphatic hydroxyl groups is 1. The van der Waals surface area contributed by atoms with E-state index < -0.39 is 11.5 Å². The Hall–Kier alpha value is -2.14. The lowest BCUT2D eigenvalue weighted by Gasteiger charge is -2.26. The van der Waals surface area contributed by atoms with Crippen molar-refractivity contribution >= 4 is 16.9 Å². The third-order valence-corrected chi connectivity index (χ3v) is 3.92. The summed E-state index contributed by atoms with van der Waals surface area (Å²) in [7, 11) is 0. The number of nitrogens with one attached hydrogen (secondary N) is 1. The van der Waals surface area contributed by atoms with Crippen LogP contribution in [0.15, 0.2) is 39.5 Å². The topological polar surface area (TPSA) is 79.5 Å². The van der Waals surface area contributed by atoms with Crippen molar-refractivity contribution in [3.8, 4) is 0 Å². The van der Waals surface area contributed by atoms with Crippen LogP contribution in [0.2, 0.25) is 0 Å². The predicted molar refractivity (Wildman–Crippen MR) is 78.2 cm³/mol. The third kappa shape index (κ3) is 2.97. The van der Waals surface area contributed by atoms with E-state index >= 15 is 0 Å². The number of benzene rings is 1. The van der Waals surface area contributed by atoms with Crippen LogP contribution in [-0.2, 0) is 0 Å². The second-order valence-corrected chi connectivity index (χ2v) is 5.46. The molecular weight excluding hydrogens is 270 g/mol. The maximum absolute atomic E-state index is 12.2. The highest BCUT2D eigenvalue weighted by molar-refractivity contribution is 5.96. The average molecular weight is 287 g/mol. The van der Waals surface area contributed by atoms with Crippen molar-refractivity contribution in [3.63, 3.8) is 0 Å². The number of hydrogen-bond acceptors (Lipinski definition) is 4. The molecule has 3 rings (SSSR count). The van der Waals surface area contributed by atoms with Gasteiger partial charge >= 0.3 is 5.63 Å². The highest BCUT2D eigenvalue weighted by Gasteiger charge is 2.22. The normalized spacial score (nSPS) is 22.1. The molecule has 0 bridgehead atoms. The van der Waals surface area contributed by atoms with Gasteiger partial charge in [0.25, 0.3) is 5.91 Å². The second-order valence-electron chi connectivity index (χ2n) is 5.46. The molecule has 110 valence electrons. The Morgan fingerprint density at radius 2 is 1.90 bits per heavy atom. The third-order valence-electron chi connectivity index (χ3n) is 3.92. The van der Waals surface area contributed by atoms with Crippen LogP contribution in [0.25, 0.3) is 11.0 Å². The van der Waals surface area contributed by atoms with E-state index in [0.29, 0.717) is 18.4 Å². The molecule has 5 nitrogen and oxygen atoms in total. The fourth-order valence-corrected chi connectivity index (χ4v) is 2.70. The fourth-order valence-electron chi connectivity index (χ4n) is 2.70. The number of carbonyl (C=O) groups is 1. The van der Waals surface area contributed by atoms with Crippen molar-refractivity contribution in [1.82, 2.24) is 5.32 Å². The summed E-state index contributed by atoms with van der Waals surface area (Å²) in [4.78, 5) is 24.1. The lowest BCUT2D eigenvalue weighted by molar-refractivity contribution is 0.0864. The van der Waals surface area contributed by atoms with Crippen LogP contribution < -0.4 is 10.9 Å². The van der Waals surface area contributed by atoms with E-state index in [0.717, 1.165) is 18.2 Å². The van der Waals surface area contributed by atoms with Gasteiger partial charge in [0.1, 0.15) is 11.1 Å². The van der Waals surface area contributed by atoms with Crippen molar-refractivity contribution in [3.05, 3.63) is 46.3 Å². The Balaban J connectivity index is 1.81. The summed E-state index contributed by atoms with van der Waals surface area (Å²) in [6.07, 6.45) is 2.54. The molecule has 5 heteroatoms. The van der Waals surface area contributed by atoms with Gasteiger partial charge in [0, 0.05) is 11.4 Å². The quantitative estimate of drug-likeness (QED) is 0.826. The first-order chi connectivity index (χ1) is 10.1. The summed E-state index contributed by atoms with van der Waals surface area (Å²) in [5.41, 5.74) is -0.123. The molecule has 0 radical (unpaired) electrons. The number of aliphatic hydroxyl groups excluding tert-OH is 1. The van der Waals surface area contributed by atoms with E-state index in [-0.39, 0.29) is 17.7 Å². The molecule has 1 saturated carbocycles. The lowest BCUT2D eigenvalue weighted by atomic mass is 9.93. The molecule has 1 heterocycles. The van der Waals surface area contributed by atoms with Gasteiger partial charge < -0.3 is 14.8 Å². The Kier molecular flexibility index (Phi) is 3.75. The Labute approximate surface area is 121 Å². The Bertz CT molecular complexity index is 714. The van der Waals surface area contributed by atoms with Crippen LogP contribution in [0.4, 0.5) is 0 Å². The second kappa shape index (κ2) is 5.69. The number of rotatable bonds is 2. The van der Waals surface area contributed by atoms with Gasteiger partial charge in [-0.1, -0.05) is 18.2 Å². The van der Waals surface area contributed by atoms with E-state index in [1.807, 2.05) is 6.07 Å². The number of amides is 1. The number of para-hydroxylation sites is 1. The van der Waals surface area contributed by atoms with E-state index in [1.54, 1.807) is 24.3 Å². The molecule has 2 N–H and O–H groups in total. The standard InChI is InChI=1S/C16H17NO4/c18-12-7-5-11(6-8-12)17-15(19)13-9-10-3-1-2-4-14(10)21-16(13)20/h1-4,9,11-12,18H,5-8H2,(H,17,19). The zero-order chi connectivity index (χ0) is 14.8. The SMILES string of the molecule is O=C(NC1CCC(O)CC1)c1cc2ccccc2oc1=O. The van der Waals surface area contributed by atoms with Gasteiger partial charge in [-0.2, -0.15) is 0 Å². The first-order valence-corrected chi connectivity index (χ1v) is 7.15. The van der Waals surface area contributed by atoms with Gasteiger partial charge in [-0.05, 0) is 37.8 Å². The highest BCUT2D eigenvalue weighted by atomic mass is 16.4. The largest absolute Gasteiger partial charge is 0.422 e. The van der Waals surface area contributed by atoms with Crippen molar-refractivity contribution in [1.29, 1.82) is 0 Å². The molecule has 1 aliphatic carbocycles. The van der Waals surface area contributed by atoms with Crippen molar-refractivity contribution in [2.24, 2.45) is 0 Å². The molecule has 1 aromatic heterocycles. The first kappa shape index (κ1) is 13.8. The minimum Gasteiger partial charge on any atom is -0.422 e. The summed E-state index contributed by atoms with van der Waals surface area (Å²) >= 11 is 0. The van der Waals surface area contributed by atoms with E-state index in [1.165, 1.54) is 0 Å². The van der Waals surface area contributed by atoms with Crippen LogP contribution in [-0.4, -0.2) is 23.2 Å². The van der Waals surface area contributed by atoms with E-state index in [2.05, 4.69) is 5.32 Å². The van der Waals surface area contributed by atoms with Gasteiger partial charge in [-0.3, -0.25) is 4.79 Å². The summed E-state index contributed by atoms with van der Waals surface area (Å²) in [6, 6.07) is 8.67. The summed E-state index contributed by atoms with van der Waals surface area (Å²) < 4.78 is 5.16. The van der Waals surface area contributed by atoms with Crippen LogP contribution in [0.3, 0.4) is 0 Å². The van der Waals surface area contributed by atoms with Gasteiger partial charge in [0.15, 0.2) is 0 Å². The highest BCUT2D eigenvalue weighted by Crippen LogP contribution is 2.19. The van der Waals surface area contributed by atoms with E-state index in [4.69, 9.17) is 4.42 Å². The summed E-state index contributed by atoms with van der Waals surface area (Å²) in [5.74, 6) is -0.407. The zero-order valence-electron chi connectivity index (χ0n) is 11.5. The molecule has 1 aliphatic rings. The Morgan fingerprint density at radius 3 is 2.67 bits per heavy atom. The molecular formula is C16H17NO4. The van der Waals surface area contributed by atoms with Gasteiger partial charge in [-0.15, -0.1) is 0 Å². The Morgan fingerprint density at radius 1 is 1.19 bits per heavy atom. The van der Waals surface area contributed by atoms with Crippen LogP contribution in [0.5, 0.6) is 0 Å². The predicted octanol–water partition coefficient (Wildman–Crippen LogP) is 1.83. The molecule has 1 amide bonds. The molecule has 0 unspecified atom stereocenters. The average Bonchev–Trinajstić information content (AvgIpc) is 2.49. The van der Waals surface area contributed by atoms with Crippen molar-refractivity contribution < 1.29 is 14.3 Å². The van der Waals surface area contributed by atoms with Gasteiger partial charge in [0.05, 0.1) is 6.10 Å². The molecule has 0 spiro atoms. The van der Waals surface area contributed by atoms with Crippen LogP contribution >= 0.6 is 0 Å². The van der Waals surface area contributed by atoms with Gasteiger partial charge in [0.2, 0.25) is 0 Å².